The van der Waals surface area contributed by atoms with Gasteiger partial charge in [-0.05, 0) is 47.0 Å². The Morgan fingerprint density at radius 1 is 1.37 bits per heavy atom. The number of aromatic nitrogens is 2. The van der Waals surface area contributed by atoms with E-state index in [9.17, 15) is 18.0 Å². The molecule has 3 aromatic rings. The SMILES string of the molecule is Cc1sc(C(=O)N[C@H](CN)Cc2ccccc2C(F)(F)F)cc1-c1c(Br)cnn1C. The van der Waals surface area contributed by atoms with Crippen LogP contribution < -0.4 is 11.1 Å². The molecule has 0 aliphatic carbocycles. The molecule has 0 saturated heterocycles. The Morgan fingerprint density at radius 2 is 2.07 bits per heavy atom. The highest BCUT2D eigenvalue weighted by molar-refractivity contribution is 9.10. The molecule has 10 heteroatoms. The van der Waals surface area contributed by atoms with E-state index >= 15 is 0 Å². The van der Waals surface area contributed by atoms with Crippen molar-refractivity contribution in [2.24, 2.45) is 12.8 Å². The Balaban J connectivity index is 1.80. The Morgan fingerprint density at radius 3 is 2.67 bits per heavy atom. The minimum Gasteiger partial charge on any atom is -0.347 e. The smallest absolute Gasteiger partial charge is 0.347 e. The highest BCUT2D eigenvalue weighted by atomic mass is 79.9. The number of benzene rings is 1. The van der Waals surface area contributed by atoms with E-state index in [0.29, 0.717) is 4.88 Å². The molecule has 0 spiro atoms. The van der Waals surface area contributed by atoms with Crippen LogP contribution in [0.4, 0.5) is 13.2 Å². The second-order valence-corrected chi connectivity index (χ2v) is 8.92. The van der Waals surface area contributed by atoms with Gasteiger partial charge in [0.1, 0.15) is 0 Å². The normalized spacial score (nSPS) is 12.8. The lowest BCUT2D eigenvalue weighted by molar-refractivity contribution is -0.138. The first-order valence-corrected chi connectivity index (χ1v) is 10.7. The Bertz CT molecular complexity index is 1040. The summed E-state index contributed by atoms with van der Waals surface area (Å²) in [5.41, 5.74) is 6.84. The number of halogens is 4. The van der Waals surface area contributed by atoms with Crippen molar-refractivity contribution in [2.75, 3.05) is 6.54 Å². The number of thiophene rings is 1. The van der Waals surface area contributed by atoms with Gasteiger partial charge < -0.3 is 11.1 Å². The summed E-state index contributed by atoms with van der Waals surface area (Å²) in [6.07, 6.45) is -2.80. The van der Waals surface area contributed by atoms with E-state index in [4.69, 9.17) is 5.73 Å². The molecule has 0 fully saturated rings. The molecule has 3 N–H and O–H groups in total. The van der Waals surface area contributed by atoms with Gasteiger partial charge in [0.15, 0.2) is 0 Å². The third kappa shape index (κ3) is 4.76. The first-order valence-electron chi connectivity index (χ1n) is 9.06. The average Bonchev–Trinajstić information content (AvgIpc) is 3.22. The molecule has 0 aliphatic heterocycles. The van der Waals surface area contributed by atoms with Crippen LogP contribution >= 0.6 is 27.3 Å². The maximum absolute atomic E-state index is 13.2. The van der Waals surface area contributed by atoms with Crippen LogP contribution in [0.5, 0.6) is 0 Å². The van der Waals surface area contributed by atoms with Crippen molar-refractivity contribution in [3.63, 3.8) is 0 Å². The summed E-state index contributed by atoms with van der Waals surface area (Å²) in [5.74, 6) is -0.368. The van der Waals surface area contributed by atoms with Crippen molar-refractivity contribution >= 4 is 33.2 Å². The van der Waals surface area contributed by atoms with E-state index < -0.39 is 17.8 Å². The van der Waals surface area contributed by atoms with E-state index in [1.54, 1.807) is 30.1 Å². The van der Waals surface area contributed by atoms with Gasteiger partial charge in [-0.3, -0.25) is 9.48 Å². The summed E-state index contributed by atoms with van der Waals surface area (Å²) in [5, 5.41) is 6.96. The zero-order valence-corrected chi connectivity index (χ0v) is 18.7. The van der Waals surface area contributed by atoms with Gasteiger partial charge in [-0.2, -0.15) is 18.3 Å². The van der Waals surface area contributed by atoms with Crippen LogP contribution in [0.25, 0.3) is 11.3 Å². The first-order chi connectivity index (χ1) is 14.1. The fourth-order valence-electron chi connectivity index (χ4n) is 3.23. The number of alkyl halides is 3. The Hall–Kier alpha value is -2.17. The van der Waals surface area contributed by atoms with Crippen molar-refractivity contribution in [3.8, 4) is 11.3 Å². The third-order valence-electron chi connectivity index (χ3n) is 4.70. The van der Waals surface area contributed by atoms with Crippen molar-refractivity contribution < 1.29 is 18.0 Å². The predicted molar refractivity (Wildman–Crippen MR) is 114 cm³/mol. The number of hydrogen-bond acceptors (Lipinski definition) is 4. The van der Waals surface area contributed by atoms with E-state index in [0.717, 1.165) is 26.7 Å². The molecule has 5 nitrogen and oxygen atoms in total. The Kier molecular flexibility index (Phi) is 6.68. The monoisotopic (exact) mass is 500 g/mol. The predicted octanol–water partition coefficient (Wildman–Crippen LogP) is 4.54. The van der Waals surface area contributed by atoms with Gasteiger partial charge >= 0.3 is 6.18 Å². The second kappa shape index (κ2) is 8.91. The molecule has 3 rings (SSSR count). The highest BCUT2D eigenvalue weighted by Gasteiger charge is 2.33. The Labute approximate surface area is 184 Å². The van der Waals surface area contributed by atoms with Gasteiger partial charge in [0.05, 0.1) is 26.8 Å². The first kappa shape index (κ1) is 22.5. The van der Waals surface area contributed by atoms with Gasteiger partial charge in [-0.1, -0.05) is 18.2 Å². The van der Waals surface area contributed by atoms with Gasteiger partial charge in [-0.15, -0.1) is 11.3 Å². The van der Waals surface area contributed by atoms with E-state index in [-0.39, 0.29) is 24.4 Å². The lowest BCUT2D eigenvalue weighted by atomic mass is 9.99. The third-order valence-corrected chi connectivity index (χ3v) is 6.33. The number of carbonyl (C=O) groups excluding carboxylic acids is 1. The topological polar surface area (TPSA) is 72.9 Å². The zero-order valence-electron chi connectivity index (χ0n) is 16.3. The molecule has 0 unspecified atom stereocenters. The number of nitrogens with two attached hydrogens (primary N) is 1. The van der Waals surface area contributed by atoms with Crippen LogP contribution in [0.3, 0.4) is 0 Å². The molecule has 0 aliphatic rings. The molecule has 1 aromatic carbocycles. The van der Waals surface area contributed by atoms with Gasteiger partial charge in [-0.25, -0.2) is 0 Å². The standard InChI is InChI=1S/C20H20BrF3N4OS/c1-11-14(18-16(21)10-26-28(18)2)8-17(30-11)19(29)27-13(9-25)7-12-5-3-4-6-15(12)20(22,23)24/h3-6,8,10,13H,7,9,25H2,1-2H3,(H,27,29)/t13-/m0/s1. The maximum Gasteiger partial charge on any atom is 0.416 e. The van der Waals surface area contributed by atoms with Crippen LogP contribution in [-0.2, 0) is 19.6 Å². The minimum absolute atomic E-state index is 0.0115. The molecular formula is C20H20BrF3N4OS. The lowest BCUT2D eigenvalue weighted by Gasteiger charge is -2.19. The summed E-state index contributed by atoms with van der Waals surface area (Å²) in [6, 6.07) is 6.45. The van der Waals surface area contributed by atoms with Crippen LogP contribution in [0.15, 0.2) is 41.0 Å². The average molecular weight is 501 g/mol. The fraction of sp³-hybridized carbons (Fsp3) is 0.300. The highest BCUT2D eigenvalue weighted by Crippen LogP contribution is 2.35. The van der Waals surface area contributed by atoms with Crippen molar-refractivity contribution in [1.29, 1.82) is 0 Å². The summed E-state index contributed by atoms with van der Waals surface area (Å²) < 4.78 is 42.3. The summed E-state index contributed by atoms with van der Waals surface area (Å²) >= 11 is 4.77. The van der Waals surface area contributed by atoms with Crippen molar-refractivity contribution in [1.82, 2.24) is 15.1 Å². The lowest BCUT2D eigenvalue weighted by Crippen LogP contribution is -2.41. The minimum atomic E-state index is -4.46. The number of nitrogens with zero attached hydrogens (tertiary/aromatic N) is 2. The zero-order chi connectivity index (χ0) is 22.1. The van der Waals surface area contributed by atoms with E-state index in [2.05, 4.69) is 26.3 Å². The molecule has 1 amide bonds. The molecule has 2 heterocycles. The van der Waals surface area contributed by atoms with Gasteiger partial charge in [0.2, 0.25) is 0 Å². The summed E-state index contributed by atoms with van der Waals surface area (Å²) in [4.78, 5) is 14.2. The van der Waals surface area contributed by atoms with Crippen LogP contribution in [-0.4, -0.2) is 28.3 Å². The number of carbonyl (C=O) groups is 1. The second-order valence-electron chi connectivity index (χ2n) is 6.81. The van der Waals surface area contributed by atoms with Crippen LogP contribution in [0.1, 0.15) is 25.7 Å². The van der Waals surface area contributed by atoms with Gasteiger partial charge in [0.25, 0.3) is 5.91 Å². The molecule has 1 atom stereocenters. The van der Waals surface area contributed by atoms with Crippen molar-refractivity contribution in [3.05, 3.63) is 61.9 Å². The van der Waals surface area contributed by atoms with Crippen LogP contribution in [0.2, 0.25) is 0 Å². The summed E-state index contributed by atoms with van der Waals surface area (Å²) in [7, 11) is 1.81. The number of rotatable bonds is 6. The van der Waals surface area contributed by atoms with Gasteiger partial charge in [0, 0.05) is 30.1 Å². The molecular weight excluding hydrogens is 481 g/mol. The number of nitrogens with one attached hydrogen (secondary N) is 1. The van der Waals surface area contributed by atoms with E-state index in [1.165, 1.54) is 23.5 Å². The fourth-order valence-corrected chi connectivity index (χ4v) is 4.72. The maximum atomic E-state index is 13.2. The molecule has 2 aromatic heterocycles. The molecule has 0 radical (unpaired) electrons. The molecule has 0 bridgehead atoms. The quantitative estimate of drug-likeness (QED) is 0.521. The molecule has 30 heavy (non-hydrogen) atoms. The van der Waals surface area contributed by atoms with Crippen LogP contribution in [0, 0.1) is 6.92 Å². The van der Waals surface area contributed by atoms with Crippen molar-refractivity contribution in [2.45, 2.75) is 25.6 Å². The number of amides is 1. The summed E-state index contributed by atoms with van der Waals surface area (Å²) in [6.45, 7) is 1.92. The number of hydrogen-bond donors (Lipinski definition) is 2. The largest absolute Gasteiger partial charge is 0.416 e. The molecule has 0 saturated carbocycles. The number of aryl methyl sites for hydroxylation is 2. The molecule has 160 valence electrons. The van der Waals surface area contributed by atoms with E-state index in [1.807, 2.05) is 6.92 Å².